The van der Waals surface area contributed by atoms with Crippen LogP contribution in [-0.2, 0) is 14.8 Å². The molecule has 0 radical (unpaired) electrons. The molecule has 30 heavy (non-hydrogen) atoms. The fourth-order valence-electron chi connectivity index (χ4n) is 2.60. The van der Waals surface area contributed by atoms with Gasteiger partial charge in [0.2, 0.25) is 0 Å². The van der Waals surface area contributed by atoms with Gasteiger partial charge in [-0.2, -0.15) is 0 Å². The summed E-state index contributed by atoms with van der Waals surface area (Å²) in [5.41, 5.74) is 0.852. The first-order valence-corrected chi connectivity index (χ1v) is 10.5. The molecular weight excluding hydrogens is 428 g/mol. The van der Waals surface area contributed by atoms with Crippen LogP contribution < -0.4 is 10.0 Å². The van der Waals surface area contributed by atoms with Gasteiger partial charge >= 0.3 is 5.97 Å². The second-order valence-corrected chi connectivity index (χ2v) is 8.25. The normalized spacial score (nSPS) is 10.9. The quantitative estimate of drug-likeness (QED) is 0.555. The lowest BCUT2D eigenvalue weighted by Crippen LogP contribution is -2.18. The number of halogens is 1. The molecule has 0 saturated carbocycles. The number of carbonyl (C=O) groups is 2. The number of hydrogen-bond acceptors (Lipinski definition) is 5. The molecule has 3 aromatic carbocycles. The molecule has 0 atom stereocenters. The molecule has 0 spiro atoms. The topological polar surface area (TPSA) is 102 Å². The van der Waals surface area contributed by atoms with Gasteiger partial charge in [0.15, 0.2) is 0 Å². The Morgan fingerprint density at radius 1 is 0.933 bits per heavy atom. The van der Waals surface area contributed by atoms with E-state index in [1.54, 1.807) is 18.2 Å². The molecule has 9 heteroatoms. The maximum atomic E-state index is 12.8. The second-order valence-electron chi connectivity index (χ2n) is 6.13. The van der Waals surface area contributed by atoms with E-state index in [4.69, 9.17) is 11.6 Å². The second kappa shape index (κ2) is 8.98. The third kappa shape index (κ3) is 4.97. The predicted octanol–water partition coefficient (Wildman–Crippen LogP) is 4.18. The molecule has 0 saturated heterocycles. The lowest BCUT2D eigenvalue weighted by atomic mass is 10.1. The molecular formula is C21H17ClN2O5S. The van der Waals surface area contributed by atoms with Crippen molar-refractivity contribution < 1.29 is 22.7 Å². The Balaban J connectivity index is 1.86. The van der Waals surface area contributed by atoms with E-state index in [9.17, 15) is 18.0 Å². The first kappa shape index (κ1) is 21.4. The highest BCUT2D eigenvalue weighted by Crippen LogP contribution is 2.25. The van der Waals surface area contributed by atoms with Crippen LogP contribution in [-0.4, -0.2) is 27.4 Å². The summed E-state index contributed by atoms with van der Waals surface area (Å²) in [6.07, 6.45) is 0. The predicted molar refractivity (Wildman–Crippen MR) is 114 cm³/mol. The third-order valence-corrected chi connectivity index (χ3v) is 5.70. The fraction of sp³-hybridized carbons (Fsp3) is 0.0476. The number of carbonyl (C=O) groups excluding carboxylic acids is 2. The van der Waals surface area contributed by atoms with Crippen LogP contribution in [0.4, 0.5) is 11.4 Å². The minimum absolute atomic E-state index is 0.0408. The zero-order valence-corrected chi connectivity index (χ0v) is 17.3. The summed E-state index contributed by atoms with van der Waals surface area (Å²) in [7, 11) is -2.62. The summed E-state index contributed by atoms with van der Waals surface area (Å²) in [4.78, 5) is 24.4. The van der Waals surface area contributed by atoms with Gasteiger partial charge in [-0.1, -0.05) is 29.8 Å². The minimum atomic E-state index is -3.90. The number of amides is 1. The number of nitrogens with one attached hydrogen (secondary N) is 2. The van der Waals surface area contributed by atoms with Gasteiger partial charge in [0.05, 0.1) is 28.8 Å². The van der Waals surface area contributed by atoms with Crippen LogP contribution >= 0.6 is 11.6 Å². The van der Waals surface area contributed by atoms with E-state index >= 15 is 0 Å². The Hall–Kier alpha value is -3.36. The number of hydrogen-bond donors (Lipinski definition) is 2. The van der Waals surface area contributed by atoms with Crippen molar-refractivity contribution in [2.45, 2.75) is 4.90 Å². The fourth-order valence-corrected chi connectivity index (χ4v) is 3.88. The van der Waals surface area contributed by atoms with Crippen LogP contribution in [0.25, 0.3) is 0 Å². The average molecular weight is 445 g/mol. The van der Waals surface area contributed by atoms with Gasteiger partial charge in [0, 0.05) is 10.7 Å². The van der Waals surface area contributed by atoms with E-state index in [-0.39, 0.29) is 21.2 Å². The highest BCUT2D eigenvalue weighted by molar-refractivity contribution is 7.92. The minimum Gasteiger partial charge on any atom is -0.465 e. The smallest absolute Gasteiger partial charge is 0.337 e. The van der Waals surface area contributed by atoms with Crippen LogP contribution in [0.15, 0.2) is 77.7 Å². The average Bonchev–Trinajstić information content (AvgIpc) is 2.75. The zero-order chi connectivity index (χ0) is 21.7. The Bertz CT molecular complexity index is 1180. The number of ether oxygens (including phenoxy) is 1. The largest absolute Gasteiger partial charge is 0.465 e. The van der Waals surface area contributed by atoms with Crippen molar-refractivity contribution in [1.29, 1.82) is 0 Å². The molecule has 7 nitrogen and oxygen atoms in total. The van der Waals surface area contributed by atoms with Crippen molar-refractivity contribution in [3.8, 4) is 0 Å². The lowest BCUT2D eigenvalue weighted by molar-refractivity contribution is 0.0600. The number of esters is 1. The highest BCUT2D eigenvalue weighted by atomic mass is 35.5. The Morgan fingerprint density at radius 2 is 1.60 bits per heavy atom. The molecule has 2 N–H and O–H groups in total. The molecule has 154 valence electrons. The van der Waals surface area contributed by atoms with Crippen LogP contribution in [0.1, 0.15) is 20.7 Å². The molecule has 1 amide bonds. The summed E-state index contributed by atoms with van der Waals surface area (Å²) < 4.78 is 32.3. The van der Waals surface area contributed by atoms with Crippen molar-refractivity contribution in [3.05, 3.63) is 88.9 Å². The van der Waals surface area contributed by atoms with E-state index in [0.717, 1.165) is 0 Å². The Morgan fingerprint density at radius 3 is 2.23 bits per heavy atom. The zero-order valence-electron chi connectivity index (χ0n) is 15.8. The van der Waals surface area contributed by atoms with E-state index in [1.165, 1.54) is 61.7 Å². The maximum Gasteiger partial charge on any atom is 0.337 e. The number of methoxy groups -OCH3 is 1. The number of anilines is 2. The molecule has 0 heterocycles. The molecule has 0 bridgehead atoms. The van der Waals surface area contributed by atoms with Crippen LogP contribution in [0.5, 0.6) is 0 Å². The lowest BCUT2D eigenvalue weighted by Gasteiger charge is -2.13. The van der Waals surface area contributed by atoms with E-state index < -0.39 is 21.9 Å². The third-order valence-electron chi connectivity index (χ3n) is 4.09. The van der Waals surface area contributed by atoms with Gasteiger partial charge in [0.1, 0.15) is 0 Å². The Kier molecular flexibility index (Phi) is 6.39. The van der Waals surface area contributed by atoms with Crippen molar-refractivity contribution in [3.63, 3.8) is 0 Å². The van der Waals surface area contributed by atoms with Gasteiger partial charge in [-0.05, 0) is 54.6 Å². The summed E-state index contributed by atoms with van der Waals surface area (Å²) >= 11 is 6.02. The standard InChI is InChI=1S/C21H17ClN2O5S/c1-29-21(26)14-7-10-16(11-8-14)23-20(25)18-13-15(22)9-12-19(18)24-30(27,28)17-5-3-2-4-6-17/h2-13,24H,1H3,(H,23,25). The summed E-state index contributed by atoms with van der Waals surface area (Å²) in [6.45, 7) is 0. The SMILES string of the molecule is COC(=O)c1ccc(NC(=O)c2cc(Cl)ccc2NS(=O)(=O)c2ccccc2)cc1. The van der Waals surface area contributed by atoms with E-state index in [2.05, 4.69) is 14.8 Å². The van der Waals surface area contributed by atoms with Gasteiger partial charge in [-0.25, -0.2) is 13.2 Å². The van der Waals surface area contributed by atoms with Crippen molar-refractivity contribution in [2.24, 2.45) is 0 Å². The number of rotatable bonds is 6. The molecule has 0 fully saturated rings. The molecule has 0 aliphatic heterocycles. The van der Waals surface area contributed by atoms with Gasteiger partial charge in [0.25, 0.3) is 15.9 Å². The molecule has 3 rings (SSSR count). The van der Waals surface area contributed by atoms with Gasteiger partial charge < -0.3 is 10.1 Å². The molecule has 0 unspecified atom stereocenters. The summed E-state index contributed by atoms with van der Waals surface area (Å²) in [6, 6.07) is 18.1. The molecule has 0 aliphatic carbocycles. The number of benzene rings is 3. The number of sulfonamides is 1. The van der Waals surface area contributed by atoms with Crippen LogP contribution in [0.2, 0.25) is 5.02 Å². The first-order valence-electron chi connectivity index (χ1n) is 8.67. The van der Waals surface area contributed by atoms with Crippen molar-refractivity contribution in [1.82, 2.24) is 0 Å². The van der Waals surface area contributed by atoms with Crippen LogP contribution in [0.3, 0.4) is 0 Å². The summed E-state index contributed by atoms with van der Waals surface area (Å²) in [5.74, 6) is -1.07. The monoisotopic (exact) mass is 444 g/mol. The van der Waals surface area contributed by atoms with Crippen molar-refractivity contribution in [2.75, 3.05) is 17.1 Å². The Labute approximate surface area is 178 Å². The van der Waals surface area contributed by atoms with E-state index in [0.29, 0.717) is 11.3 Å². The van der Waals surface area contributed by atoms with Crippen molar-refractivity contribution >= 4 is 44.9 Å². The summed E-state index contributed by atoms with van der Waals surface area (Å²) in [5, 5.41) is 2.92. The molecule has 0 aromatic heterocycles. The molecule has 0 aliphatic rings. The first-order chi connectivity index (χ1) is 14.3. The molecule has 3 aromatic rings. The highest BCUT2D eigenvalue weighted by Gasteiger charge is 2.19. The van der Waals surface area contributed by atoms with Crippen LogP contribution in [0, 0.1) is 0 Å². The maximum absolute atomic E-state index is 12.8. The van der Waals surface area contributed by atoms with Gasteiger partial charge in [-0.3, -0.25) is 9.52 Å². The van der Waals surface area contributed by atoms with E-state index in [1.807, 2.05) is 0 Å². The van der Waals surface area contributed by atoms with Gasteiger partial charge in [-0.15, -0.1) is 0 Å².